The third-order valence-electron chi connectivity index (χ3n) is 2.35. The van der Waals surface area contributed by atoms with Gasteiger partial charge in [0, 0.05) is 10.9 Å². The Kier molecular flexibility index (Phi) is 3.06. The Morgan fingerprint density at radius 3 is 2.94 bits per heavy atom. The van der Waals surface area contributed by atoms with Crippen LogP contribution in [0.1, 0.15) is 17.3 Å². The Labute approximate surface area is 105 Å². The predicted octanol–water partition coefficient (Wildman–Crippen LogP) is 2.83. The number of hydrogen-bond donors (Lipinski definition) is 2. The SMILES string of the molecule is CCOC(=O)c1c(N)[nH]c2cc(Br)c(F)cc12. The highest BCUT2D eigenvalue weighted by molar-refractivity contribution is 9.10. The first kappa shape index (κ1) is 11.9. The quantitative estimate of drug-likeness (QED) is 0.838. The summed E-state index contributed by atoms with van der Waals surface area (Å²) in [6.45, 7) is 1.93. The molecule has 0 aliphatic carbocycles. The summed E-state index contributed by atoms with van der Waals surface area (Å²) in [4.78, 5) is 14.5. The molecule has 0 atom stereocenters. The molecule has 1 aromatic carbocycles. The number of nitrogens with two attached hydrogens (primary N) is 1. The zero-order chi connectivity index (χ0) is 12.6. The van der Waals surface area contributed by atoms with Crippen LogP contribution in [-0.2, 0) is 4.74 Å². The van der Waals surface area contributed by atoms with Gasteiger partial charge in [-0.05, 0) is 35.0 Å². The van der Waals surface area contributed by atoms with E-state index in [9.17, 15) is 9.18 Å². The summed E-state index contributed by atoms with van der Waals surface area (Å²) in [5.41, 5.74) is 6.45. The molecule has 0 saturated carbocycles. The zero-order valence-electron chi connectivity index (χ0n) is 9.01. The Morgan fingerprint density at radius 2 is 2.29 bits per heavy atom. The molecule has 0 radical (unpaired) electrons. The average molecular weight is 301 g/mol. The topological polar surface area (TPSA) is 68.1 Å². The number of anilines is 1. The fourth-order valence-electron chi connectivity index (χ4n) is 1.63. The molecule has 0 aliphatic heterocycles. The molecule has 0 fully saturated rings. The number of fused-ring (bicyclic) bond motifs is 1. The van der Waals surface area contributed by atoms with Crippen LogP contribution in [0.2, 0.25) is 0 Å². The number of carbonyl (C=O) groups excluding carboxylic acids is 1. The van der Waals surface area contributed by atoms with Gasteiger partial charge >= 0.3 is 5.97 Å². The lowest BCUT2D eigenvalue weighted by atomic mass is 10.1. The van der Waals surface area contributed by atoms with Crippen molar-refractivity contribution in [3.05, 3.63) is 28.0 Å². The minimum atomic E-state index is -0.557. The molecule has 0 amide bonds. The van der Waals surface area contributed by atoms with Gasteiger partial charge in [-0.15, -0.1) is 0 Å². The van der Waals surface area contributed by atoms with E-state index < -0.39 is 11.8 Å². The minimum absolute atomic E-state index is 0.174. The maximum absolute atomic E-state index is 13.4. The lowest BCUT2D eigenvalue weighted by molar-refractivity contribution is 0.0530. The molecule has 1 aromatic heterocycles. The van der Waals surface area contributed by atoms with Crippen LogP contribution in [0.15, 0.2) is 16.6 Å². The van der Waals surface area contributed by atoms with Crippen molar-refractivity contribution >= 4 is 38.6 Å². The summed E-state index contributed by atoms with van der Waals surface area (Å²) in [5, 5.41) is 0.418. The Hall–Kier alpha value is -1.56. The molecule has 0 saturated heterocycles. The zero-order valence-corrected chi connectivity index (χ0v) is 10.6. The van der Waals surface area contributed by atoms with E-state index in [1.54, 1.807) is 6.92 Å². The number of carbonyl (C=O) groups is 1. The van der Waals surface area contributed by atoms with Crippen molar-refractivity contribution in [2.24, 2.45) is 0 Å². The second-order valence-corrected chi connectivity index (χ2v) is 4.30. The Morgan fingerprint density at radius 1 is 1.59 bits per heavy atom. The predicted molar refractivity (Wildman–Crippen MR) is 66.3 cm³/mol. The van der Waals surface area contributed by atoms with Gasteiger partial charge in [0.25, 0.3) is 0 Å². The summed E-state index contributed by atoms with van der Waals surface area (Å²) < 4.78 is 18.6. The molecular weight excluding hydrogens is 291 g/mol. The number of hydrogen-bond acceptors (Lipinski definition) is 3. The number of nitrogen functional groups attached to an aromatic ring is 1. The maximum atomic E-state index is 13.4. The summed E-state index contributed by atoms with van der Waals surface area (Å²) in [7, 11) is 0. The fourth-order valence-corrected chi connectivity index (χ4v) is 1.98. The van der Waals surface area contributed by atoms with Crippen LogP contribution in [0.4, 0.5) is 10.2 Å². The number of H-pyrrole nitrogens is 1. The molecule has 3 N–H and O–H groups in total. The first-order chi connectivity index (χ1) is 8.04. The molecule has 0 bridgehead atoms. The molecule has 17 heavy (non-hydrogen) atoms. The molecule has 90 valence electrons. The minimum Gasteiger partial charge on any atom is -0.462 e. The number of benzene rings is 1. The molecule has 6 heteroatoms. The third-order valence-corrected chi connectivity index (χ3v) is 2.96. The Balaban J connectivity index is 2.66. The molecule has 0 aliphatic rings. The summed E-state index contributed by atoms with van der Waals surface area (Å²) in [6.07, 6.45) is 0. The van der Waals surface area contributed by atoms with Crippen molar-refractivity contribution in [2.75, 3.05) is 12.3 Å². The van der Waals surface area contributed by atoms with Gasteiger partial charge in [-0.2, -0.15) is 0 Å². The molecule has 2 rings (SSSR count). The number of aromatic amines is 1. The first-order valence-electron chi connectivity index (χ1n) is 4.98. The number of aromatic nitrogens is 1. The van der Waals surface area contributed by atoms with Crippen LogP contribution < -0.4 is 5.73 Å². The van der Waals surface area contributed by atoms with Gasteiger partial charge in [0.05, 0.1) is 11.1 Å². The van der Waals surface area contributed by atoms with E-state index in [1.807, 2.05) is 0 Å². The van der Waals surface area contributed by atoms with E-state index >= 15 is 0 Å². The summed E-state index contributed by atoms with van der Waals surface area (Å²) in [6, 6.07) is 2.78. The van der Waals surface area contributed by atoms with Gasteiger partial charge in [0.1, 0.15) is 17.2 Å². The number of esters is 1. The normalized spacial score (nSPS) is 10.8. The van der Waals surface area contributed by atoms with Crippen LogP contribution in [0, 0.1) is 5.82 Å². The molecule has 0 spiro atoms. The smallest absolute Gasteiger partial charge is 0.342 e. The second kappa shape index (κ2) is 4.37. The highest BCUT2D eigenvalue weighted by Gasteiger charge is 2.19. The highest BCUT2D eigenvalue weighted by atomic mass is 79.9. The van der Waals surface area contributed by atoms with Gasteiger partial charge in [-0.25, -0.2) is 9.18 Å². The monoisotopic (exact) mass is 300 g/mol. The lowest BCUT2D eigenvalue weighted by Gasteiger charge is -2.01. The van der Waals surface area contributed by atoms with E-state index in [2.05, 4.69) is 20.9 Å². The maximum Gasteiger partial charge on any atom is 0.342 e. The number of nitrogens with one attached hydrogen (secondary N) is 1. The van der Waals surface area contributed by atoms with Crippen molar-refractivity contribution in [1.29, 1.82) is 0 Å². The van der Waals surface area contributed by atoms with Crippen molar-refractivity contribution < 1.29 is 13.9 Å². The van der Waals surface area contributed by atoms with Gasteiger partial charge in [0.2, 0.25) is 0 Å². The number of halogens is 2. The molecule has 0 unspecified atom stereocenters. The van der Waals surface area contributed by atoms with Gasteiger partial charge in [0.15, 0.2) is 0 Å². The number of ether oxygens (including phenoxy) is 1. The first-order valence-corrected chi connectivity index (χ1v) is 5.77. The van der Waals surface area contributed by atoms with E-state index in [4.69, 9.17) is 10.5 Å². The average Bonchev–Trinajstić information content (AvgIpc) is 2.55. The molecule has 4 nitrogen and oxygen atoms in total. The van der Waals surface area contributed by atoms with E-state index in [1.165, 1.54) is 12.1 Å². The summed E-state index contributed by atoms with van der Waals surface area (Å²) in [5.74, 6) is -0.837. The largest absolute Gasteiger partial charge is 0.462 e. The molecule has 1 heterocycles. The van der Waals surface area contributed by atoms with Crippen LogP contribution in [0.25, 0.3) is 10.9 Å². The van der Waals surface area contributed by atoms with Crippen LogP contribution in [-0.4, -0.2) is 17.6 Å². The molecular formula is C11H10BrFN2O2. The second-order valence-electron chi connectivity index (χ2n) is 3.45. The van der Waals surface area contributed by atoms with Gasteiger partial charge < -0.3 is 15.5 Å². The summed E-state index contributed by atoms with van der Waals surface area (Å²) >= 11 is 3.07. The highest BCUT2D eigenvalue weighted by Crippen LogP contribution is 2.29. The van der Waals surface area contributed by atoms with Gasteiger partial charge in [-0.3, -0.25) is 0 Å². The van der Waals surface area contributed by atoms with Crippen molar-refractivity contribution in [3.63, 3.8) is 0 Å². The van der Waals surface area contributed by atoms with Crippen LogP contribution in [0.5, 0.6) is 0 Å². The van der Waals surface area contributed by atoms with E-state index in [0.29, 0.717) is 15.4 Å². The van der Waals surface area contributed by atoms with Crippen molar-refractivity contribution in [2.45, 2.75) is 6.92 Å². The van der Waals surface area contributed by atoms with Crippen molar-refractivity contribution in [1.82, 2.24) is 4.98 Å². The standard InChI is InChI=1S/C11H10BrFN2O2/c1-2-17-11(16)9-5-3-7(13)6(12)4-8(5)15-10(9)14/h3-4,15H,2,14H2,1H3. The Bertz CT molecular complexity index is 595. The van der Waals surface area contributed by atoms with E-state index in [-0.39, 0.29) is 18.0 Å². The number of rotatable bonds is 2. The van der Waals surface area contributed by atoms with Gasteiger partial charge in [-0.1, -0.05) is 0 Å². The fraction of sp³-hybridized carbons (Fsp3) is 0.182. The lowest BCUT2D eigenvalue weighted by Crippen LogP contribution is -2.06. The van der Waals surface area contributed by atoms with Crippen LogP contribution in [0.3, 0.4) is 0 Å². The molecule has 2 aromatic rings. The van der Waals surface area contributed by atoms with Crippen LogP contribution >= 0.6 is 15.9 Å². The van der Waals surface area contributed by atoms with Crippen molar-refractivity contribution in [3.8, 4) is 0 Å². The third kappa shape index (κ3) is 2.00. The van der Waals surface area contributed by atoms with E-state index in [0.717, 1.165) is 0 Å².